The van der Waals surface area contributed by atoms with Gasteiger partial charge in [-0.25, -0.2) is 0 Å². The van der Waals surface area contributed by atoms with Crippen LogP contribution in [0.15, 0.2) is 30.3 Å². The first kappa shape index (κ1) is 14.1. The first-order chi connectivity index (χ1) is 9.22. The number of rotatable bonds is 6. The van der Waals surface area contributed by atoms with Gasteiger partial charge in [0.05, 0.1) is 12.1 Å². The molecule has 1 saturated carbocycles. The highest BCUT2D eigenvalue weighted by atomic mass is 16.2. The third kappa shape index (κ3) is 3.57. The van der Waals surface area contributed by atoms with Gasteiger partial charge in [-0.2, -0.15) is 0 Å². The van der Waals surface area contributed by atoms with Crippen LogP contribution in [-0.2, 0) is 4.79 Å². The van der Waals surface area contributed by atoms with Gasteiger partial charge >= 0.3 is 0 Å². The number of nitrogens with two attached hydrogens (primary N) is 1. The first-order valence-electron chi connectivity index (χ1n) is 7.33. The summed E-state index contributed by atoms with van der Waals surface area (Å²) in [6.07, 6.45) is 5.35. The number of carbonyl (C=O) groups excluding carboxylic acids is 1. The van der Waals surface area contributed by atoms with Gasteiger partial charge in [0.15, 0.2) is 0 Å². The van der Waals surface area contributed by atoms with E-state index in [4.69, 9.17) is 5.73 Å². The van der Waals surface area contributed by atoms with E-state index in [2.05, 4.69) is 17.4 Å². The molecular weight excluding hydrogens is 236 g/mol. The minimum absolute atomic E-state index is 0.0115. The van der Waals surface area contributed by atoms with Crippen LogP contribution in [-0.4, -0.2) is 11.9 Å². The van der Waals surface area contributed by atoms with E-state index >= 15 is 0 Å². The van der Waals surface area contributed by atoms with Gasteiger partial charge in [-0.3, -0.25) is 4.79 Å². The van der Waals surface area contributed by atoms with Gasteiger partial charge in [-0.1, -0.05) is 50.1 Å². The second-order valence-corrected chi connectivity index (χ2v) is 5.48. The molecule has 2 unspecified atom stereocenters. The predicted molar refractivity (Wildman–Crippen MR) is 77.6 cm³/mol. The molecule has 1 amide bonds. The van der Waals surface area contributed by atoms with Gasteiger partial charge in [0.2, 0.25) is 5.91 Å². The SMILES string of the molecule is CCCC(N)C(=O)NC(c1ccccc1)C1CCC1. The Hall–Kier alpha value is -1.35. The quantitative estimate of drug-likeness (QED) is 0.826. The fourth-order valence-electron chi connectivity index (χ4n) is 2.61. The lowest BCUT2D eigenvalue weighted by Gasteiger charge is -2.35. The van der Waals surface area contributed by atoms with Crippen molar-refractivity contribution in [3.63, 3.8) is 0 Å². The lowest BCUT2D eigenvalue weighted by molar-refractivity contribution is -0.123. The van der Waals surface area contributed by atoms with Crippen LogP contribution in [0.2, 0.25) is 0 Å². The summed E-state index contributed by atoms with van der Waals surface area (Å²) in [6.45, 7) is 2.05. The maximum absolute atomic E-state index is 12.1. The number of benzene rings is 1. The van der Waals surface area contributed by atoms with Crippen molar-refractivity contribution in [2.75, 3.05) is 0 Å². The number of nitrogens with one attached hydrogen (secondary N) is 1. The summed E-state index contributed by atoms with van der Waals surface area (Å²) in [5.74, 6) is 0.558. The molecule has 1 aliphatic rings. The molecule has 1 aliphatic carbocycles. The van der Waals surface area contributed by atoms with Gasteiger partial charge in [-0.15, -0.1) is 0 Å². The van der Waals surface area contributed by atoms with Gasteiger partial charge in [0, 0.05) is 0 Å². The Bertz CT molecular complexity index is 400. The Labute approximate surface area is 115 Å². The molecule has 0 bridgehead atoms. The topological polar surface area (TPSA) is 55.1 Å². The van der Waals surface area contributed by atoms with Gasteiger partial charge in [0.25, 0.3) is 0 Å². The maximum Gasteiger partial charge on any atom is 0.237 e. The molecule has 0 radical (unpaired) electrons. The molecule has 0 spiro atoms. The van der Waals surface area contributed by atoms with Crippen LogP contribution in [0.3, 0.4) is 0 Å². The smallest absolute Gasteiger partial charge is 0.237 e. The fraction of sp³-hybridized carbons (Fsp3) is 0.562. The number of carbonyl (C=O) groups is 1. The molecule has 0 saturated heterocycles. The molecule has 3 N–H and O–H groups in total. The van der Waals surface area contributed by atoms with Gasteiger partial charge in [0.1, 0.15) is 0 Å². The van der Waals surface area contributed by atoms with Crippen LogP contribution in [0.5, 0.6) is 0 Å². The summed E-state index contributed by atoms with van der Waals surface area (Å²) in [5.41, 5.74) is 7.10. The van der Waals surface area contributed by atoms with Crippen molar-refractivity contribution < 1.29 is 4.79 Å². The maximum atomic E-state index is 12.1. The molecule has 3 nitrogen and oxygen atoms in total. The normalized spacial score (nSPS) is 18.4. The minimum Gasteiger partial charge on any atom is -0.348 e. The molecule has 0 heterocycles. The van der Waals surface area contributed by atoms with Crippen molar-refractivity contribution >= 4 is 5.91 Å². The van der Waals surface area contributed by atoms with E-state index in [1.807, 2.05) is 25.1 Å². The van der Waals surface area contributed by atoms with Crippen molar-refractivity contribution in [3.8, 4) is 0 Å². The van der Waals surface area contributed by atoms with Crippen molar-refractivity contribution in [2.45, 2.75) is 51.1 Å². The van der Waals surface area contributed by atoms with Crippen molar-refractivity contribution in [2.24, 2.45) is 11.7 Å². The van der Waals surface area contributed by atoms with E-state index in [9.17, 15) is 4.79 Å². The second-order valence-electron chi connectivity index (χ2n) is 5.48. The van der Waals surface area contributed by atoms with Crippen LogP contribution in [0.1, 0.15) is 50.6 Å². The zero-order valence-electron chi connectivity index (χ0n) is 11.6. The third-order valence-electron chi connectivity index (χ3n) is 4.01. The standard InChI is InChI=1S/C16H24N2O/c1-2-7-14(17)16(19)18-15(13-10-6-11-13)12-8-4-3-5-9-12/h3-5,8-9,13-15H,2,6-7,10-11,17H2,1H3,(H,18,19). The van der Waals surface area contributed by atoms with Crippen LogP contribution in [0, 0.1) is 5.92 Å². The van der Waals surface area contributed by atoms with Gasteiger partial charge < -0.3 is 11.1 Å². The lowest BCUT2D eigenvalue weighted by atomic mass is 9.77. The van der Waals surface area contributed by atoms with Crippen LogP contribution in [0.4, 0.5) is 0 Å². The van der Waals surface area contributed by atoms with Crippen molar-refractivity contribution in [3.05, 3.63) is 35.9 Å². The van der Waals surface area contributed by atoms with E-state index in [0.29, 0.717) is 5.92 Å². The predicted octanol–water partition coefficient (Wildman–Crippen LogP) is 2.77. The number of hydrogen-bond acceptors (Lipinski definition) is 2. The first-order valence-corrected chi connectivity index (χ1v) is 7.33. The van der Waals surface area contributed by atoms with E-state index in [1.54, 1.807) is 0 Å². The third-order valence-corrected chi connectivity index (χ3v) is 4.01. The average molecular weight is 260 g/mol. The summed E-state index contributed by atoms with van der Waals surface area (Å²) in [6, 6.07) is 10.00. The molecule has 2 rings (SSSR count). The Morgan fingerprint density at radius 3 is 2.58 bits per heavy atom. The summed E-state index contributed by atoms with van der Waals surface area (Å²) in [4.78, 5) is 12.1. The van der Waals surface area contributed by atoms with Gasteiger partial charge in [-0.05, 0) is 30.7 Å². The Morgan fingerprint density at radius 2 is 2.05 bits per heavy atom. The Morgan fingerprint density at radius 1 is 1.37 bits per heavy atom. The second kappa shape index (κ2) is 6.71. The van der Waals surface area contributed by atoms with E-state index in [1.165, 1.54) is 24.8 Å². The van der Waals surface area contributed by atoms with E-state index < -0.39 is 0 Å². The average Bonchev–Trinajstić information content (AvgIpc) is 2.37. The highest BCUT2D eigenvalue weighted by molar-refractivity contribution is 5.81. The summed E-state index contributed by atoms with van der Waals surface area (Å²) < 4.78 is 0. The Balaban J connectivity index is 2.04. The zero-order chi connectivity index (χ0) is 13.7. The highest BCUT2D eigenvalue weighted by Gasteiger charge is 2.30. The molecule has 3 heteroatoms. The van der Waals surface area contributed by atoms with E-state index in [-0.39, 0.29) is 18.0 Å². The van der Waals surface area contributed by atoms with Crippen LogP contribution < -0.4 is 11.1 Å². The van der Waals surface area contributed by atoms with Crippen molar-refractivity contribution in [1.29, 1.82) is 0 Å². The molecule has 1 aromatic rings. The number of amides is 1. The lowest BCUT2D eigenvalue weighted by Crippen LogP contribution is -2.45. The summed E-state index contributed by atoms with van der Waals surface area (Å²) >= 11 is 0. The minimum atomic E-state index is -0.378. The molecule has 0 aromatic heterocycles. The number of hydrogen-bond donors (Lipinski definition) is 2. The Kier molecular flexibility index (Phi) is 4.97. The molecular formula is C16H24N2O. The fourth-order valence-corrected chi connectivity index (χ4v) is 2.61. The molecule has 0 aliphatic heterocycles. The molecule has 1 fully saturated rings. The van der Waals surface area contributed by atoms with Crippen LogP contribution >= 0.6 is 0 Å². The summed E-state index contributed by atoms with van der Waals surface area (Å²) in [5, 5.41) is 3.16. The molecule has 2 atom stereocenters. The zero-order valence-corrected chi connectivity index (χ0v) is 11.6. The largest absolute Gasteiger partial charge is 0.348 e. The molecule has 104 valence electrons. The van der Waals surface area contributed by atoms with E-state index in [0.717, 1.165) is 12.8 Å². The van der Waals surface area contributed by atoms with Crippen molar-refractivity contribution in [1.82, 2.24) is 5.32 Å². The molecule has 19 heavy (non-hydrogen) atoms. The molecule has 1 aromatic carbocycles. The van der Waals surface area contributed by atoms with Crippen LogP contribution in [0.25, 0.3) is 0 Å². The monoisotopic (exact) mass is 260 g/mol. The highest BCUT2D eigenvalue weighted by Crippen LogP contribution is 2.37. The summed E-state index contributed by atoms with van der Waals surface area (Å²) in [7, 11) is 0.